The summed E-state index contributed by atoms with van der Waals surface area (Å²) in [6, 6.07) is 3.23. The molecule has 2 fully saturated rings. The summed E-state index contributed by atoms with van der Waals surface area (Å²) in [6.45, 7) is -0.0163. The number of aromatic nitrogens is 2. The molecule has 1 saturated heterocycles. The van der Waals surface area contributed by atoms with E-state index in [9.17, 15) is 23.6 Å². The molecule has 0 bridgehead atoms. The standard InChI is InChI=1S/C25H21F2N5O4/c26-17-9-15-12(11-32(25(15)36)19-4-5-20(33)30-24(19)35)8-16(17)23(34)29-18-10-28-22-14(21(18)27)6-7-31(22)13-2-1-3-13/h6-10,13,19H,1-5,11H2,(H,29,34)(H,30,33,35). The molecule has 3 aliphatic rings. The summed E-state index contributed by atoms with van der Waals surface area (Å²) in [5.74, 6) is -4.05. The molecular formula is C25H21F2N5O4. The highest BCUT2D eigenvalue weighted by atomic mass is 19.1. The minimum atomic E-state index is -0.949. The molecule has 184 valence electrons. The zero-order chi connectivity index (χ0) is 25.1. The normalized spacial score (nSPS) is 19.9. The van der Waals surface area contributed by atoms with Crippen LogP contribution in [-0.2, 0) is 16.1 Å². The lowest BCUT2D eigenvalue weighted by molar-refractivity contribution is -0.136. The molecule has 6 rings (SSSR count). The van der Waals surface area contributed by atoms with Crippen LogP contribution in [0.3, 0.4) is 0 Å². The predicted molar refractivity (Wildman–Crippen MR) is 123 cm³/mol. The van der Waals surface area contributed by atoms with Gasteiger partial charge in [-0.05, 0) is 49.4 Å². The fourth-order valence-corrected chi connectivity index (χ4v) is 5.07. The maximum atomic E-state index is 15.2. The number of carbonyl (C=O) groups excluding carboxylic acids is 4. The van der Waals surface area contributed by atoms with Gasteiger partial charge in [-0.25, -0.2) is 13.8 Å². The third-order valence-corrected chi connectivity index (χ3v) is 7.25. The summed E-state index contributed by atoms with van der Waals surface area (Å²) in [6.07, 6.45) is 6.37. The summed E-state index contributed by atoms with van der Waals surface area (Å²) in [7, 11) is 0. The molecule has 0 radical (unpaired) electrons. The quantitative estimate of drug-likeness (QED) is 0.543. The number of nitrogens with one attached hydrogen (secondary N) is 2. The molecule has 1 aliphatic carbocycles. The van der Waals surface area contributed by atoms with Crippen molar-refractivity contribution >= 4 is 40.3 Å². The van der Waals surface area contributed by atoms with Gasteiger partial charge in [-0.3, -0.25) is 24.5 Å². The van der Waals surface area contributed by atoms with Gasteiger partial charge in [0.1, 0.15) is 17.5 Å². The van der Waals surface area contributed by atoms with Gasteiger partial charge in [-0.2, -0.15) is 0 Å². The molecule has 11 heteroatoms. The number of hydrogen-bond donors (Lipinski definition) is 2. The minimum Gasteiger partial charge on any atom is -0.329 e. The lowest BCUT2D eigenvalue weighted by Gasteiger charge is -2.29. The number of rotatable bonds is 4. The maximum Gasteiger partial charge on any atom is 0.258 e. The second kappa shape index (κ2) is 8.21. The monoisotopic (exact) mass is 493 g/mol. The Bertz CT molecular complexity index is 1480. The molecule has 4 amide bonds. The number of anilines is 1. The first-order valence-corrected chi connectivity index (χ1v) is 11.8. The lowest BCUT2D eigenvalue weighted by atomic mass is 9.93. The van der Waals surface area contributed by atoms with E-state index >= 15 is 4.39 Å². The van der Waals surface area contributed by atoms with Crippen LogP contribution in [-0.4, -0.2) is 44.1 Å². The van der Waals surface area contributed by atoms with E-state index in [0.717, 1.165) is 25.3 Å². The molecule has 36 heavy (non-hydrogen) atoms. The van der Waals surface area contributed by atoms with Crippen molar-refractivity contribution in [3.8, 4) is 0 Å². The Balaban J connectivity index is 1.25. The Morgan fingerprint density at radius 3 is 2.67 bits per heavy atom. The maximum absolute atomic E-state index is 15.2. The SMILES string of the molecule is O=C1CCC(N2Cc3cc(C(=O)Nc4cnc5c(ccn5C5CCC5)c4F)c(F)cc3C2=O)C(=O)N1. The Morgan fingerprint density at radius 1 is 1.14 bits per heavy atom. The van der Waals surface area contributed by atoms with E-state index < -0.39 is 41.3 Å². The van der Waals surface area contributed by atoms with Crippen molar-refractivity contribution in [1.82, 2.24) is 19.8 Å². The molecule has 0 spiro atoms. The van der Waals surface area contributed by atoms with Crippen LogP contribution >= 0.6 is 0 Å². The third-order valence-electron chi connectivity index (χ3n) is 7.25. The number of pyridine rings is 1. The van der Waals surface area contributed by atoms with Crippen LogP contribution in [0.5, 0.6) is 0 Å². The van der Waals surface area contributed by atoms with Crippen LogP contribution in [0.15, 0.2) is 30.6 Å². The number of halogens is 2. The third kappa shape index (κ3) is 3.45. The zero-order valence-electron chi connectivity index (χ0n) is 19.0. The molecule has 4 heterocycles. The Labute approximate surface area is 203 Å². The first-order chi connectivity index (χ1) is 17.3. The van der Waals surface area contributed by atoms with E-state index in [-0.39, 0.29) is 47.6 Å². The number of hydrogen-bond acceptors (Lipinski definition) is 5. The molecule has 1 aromatic carbocycles. The van der Waals surface area contributed by atoms with Crippen LogP contribution in [0.2, 0.25) is 0 Å². The Morgan fingerprint density at radius 2 is 1.94 bits per heavy atom. The highest BCUT2D eigenvalue weighted by molar-refractivity contribution is 6.08. The Hall–Kier alpha value is -4.15. The van der Waals surface area contributed by atoms with Crippen molar-refractivity contribution < 1.29 is 28.0 Å². The van der Waals surface area contributed by atoms with Gasteiger partial charge in [0.25, 0.3) is 11.8 Å². The van der Waals surface area contributed by atoms with Gasteiger partial charge < -0.3 is 14.8 Å². The summed E-state index contributed by atoms with van der Waals surface area (Å²) in [4.78, 5) is 54.9. The lowest BCUT2D eigenvalue weighted by Crippen LogP contribution is -2.52. The van der Waals surface area contributed by atoms with Crippen LogP contribution in [0.25, 0.3) is 11.0 Å². The van der Waals surface area contributed by atoms with Gasteiger partial charge in [0.05, 0.1) is 22.8 Å². The van der Waals surface area contributed by atoms with Crippen molar-refractivity contribution in [2.24, 2.45) is 0 Å². The average molecular weight is 493 g/mol. The molecule has 9 nitrogen and oxygen atoms in total. The number of nitrogens with zero attached hydrogens (tertiary/aromatic N) is 3. The smallest absolute Gasteiger partial charge is 0.258 e. The van der Waals surface area contributed by atoms with Gasteiger partial charge in [-0.1, -0.05) is 0 Å². The number of amides is 4. The second-order valence-electron chi connectivity index (χ2n) is 9.37. The predicted octanol–water partition coefficient (Wildman–Crippen LogP) is 3.05. The van der Waals surface area contributed by atoms with Crippen molar-refractivity contribution in [2.45, 2.75) is 50.7 Å². The van der Waals surface area contributed by atoms with Crippen molar-refractivity contribution in [3.05, 3.63) is 58.9 Å². The van der Waals surface area contributed by atoms with Gasteiger partial charge in [0, 0.05) is 30.8 Å². The largest absolute Gasteiger partial charge is 0.329 e. The fourth-order valence-electron chi connectivity index (χ4n) is 5.07. The van der Waals surface area contributed by atoms with E-state index in [4.69, 9.17) is 0 Å². The van der Waals surface area contributed by atoms with Crippen LogP contribution in [0.4, 0.5) is 14.5 Å². The van der Waals surface area contributed by atoms with E-state index in [2.05, 4.69) is 15.6 Å². The molecular weight excluding hydrogens is 472 g/mol. The highest BCUT2D eigenvalue weighted by Gasteiger charge is 2.40. The summed E-state index contributed by atoms with van der Waals surface area (Å²) >= 11 is 0. The topological polar surface area (TPSA) is 113 Å². The number of fused-ring (bicyclic) bond motifs is 2. The van der Waals surface area contributed by atoms with Crippen molar-refractivity contribution in [2.75, 3.05) is 5.32 Å². The van der Waals surface area contributed by atoms with Crippen molar-refractivity contribution in [1.29, 1.82) is 0 Å². The molecule has 1 atom stereocenters. The molecule has 1 unspecified atom stereocenters. The first-order valence-electron chi connectivity index (χ1n) is 11.8. The number of imide groups is 1. The molecule has 3 aromatic rings. The summed E-state index contributed by atoms with van der Waals surface area (Å²) in [5, 5.41) is 4.85. The zero-order valence-corrected chi connectivity index (χ0v) is 19.0. The highest BCUT2D eigenvalue weighted by Crippen LogP contribution is 2.35. The van der Waals surface area contributed by atoms with Crippen molar-refractivity contribution in [3.63, 3.8) is 0 Å². The van der Waals surface area contributed by atoms with E-state index in [1.165, 1.54) is 17.2 Å². The average Bonchev–Trinajstić information content (AvgIpc) is 3.36. The van der Waals surface area contributed by atoms with E-state index in [1.807, 2.05) is 4.57 Å². The minimum absolute atomic E-state index is 0.0163. The number of carbonyl (C=O) groups is 4. The van der Waals surface area contributed by atoms with E-state index in [1.54, 1.807) is 12.3 Å². The first kappa shape index (κ1) is 22.3. The van der Waals surface area contributed by atoms with Gasteiger partial charge >= 0.3 is 0 Å². The molecule has 2 aromatic heterocycles. The summed E-state index contributed by atoms with van der Waals surface area (Å²) in [5.41, 5.74) is 0.354. The van der Waals surface area contributed by atoms with E-state index in [0.29, 0.717) is 11.2 Å². The number of benzene rings is 1. The second-order valence-corrected chi connectivity index (χ2v) is 9.37. The van der Waals surface area contributed by atoms with Crippen LogP contribution in [0, 0.1) is 11.6 Å². The van der Waals surface area contributed by atoms with Gasteiger partial charge in [-0.15, -0.1) is 0 Å². The van der Waals surface area contributed by atoms with Gasteiger partial charge in [0.15, 0.2) is 5.82 Å². The summed E-state index contributed by atoms with van der Waals surface area (Å²) < 4.78 is 32.0. The molecule has 2 N–H and O–H groups in total. The molecule has 1 saturated carbocycles. The Kier molecular flexibility index (Phi) is 5.09. The fraction of sp³-hybridized carbons (Fsp3) is 0.320. The van der Waals surface area contributed by atoms with Crippen LogP contribution in [0.1, 0.15) is 64.4 Å². The van der Waals surface area contributed by atoms with Gasteiger partial charge in [0.2, 0.25) is 11.8 Å². The van der Waals surface area contributed by atoms with Crippen LogP contribution < -0.4 is 10.6 Å². The molecule has 2 aliphatic heterocycles. The number of piperidine rings is 1.